The summed E-state index contributed by atoms with van der Waals surface area (Å²) < 4.78 is 0. The number of rotatable bonds is 4. The summed E-state index contributed by atoms with van der Waals surface area (Å²) in [5, 5.41) is 0.852. The predicted octanol–water partition coefficient (Wildman–Crippen LogP) is 2.98. The smallest absolute Gasteiger partial charge is 0.280 e. The number of nitrogens with zero attached hydrogens (tertiary/aromatic N) is 2. The Bertz CT molecular complexity index is 673. The van der Waals surface area contributed by atoms with Crippen LogP contribution in [0.2, 0.25) is 0 Å². The van der Waals surface area contributed by atoms with E-state index >= 15 is 0 Å². The highest BCUT2D eigenvalue weighted by molar-refractivity contribution is 6.13. The third-order valence-corrected chi connectivity index (χ3v) is 3.56. The Morgan fingerprint density at radius 2 is 1.55 bits per heavy atom. The van der Waals surface area contributed by atoms with Crippen LogP contribution in [-0.4, -0.2) is 23.0 Å². The van der Waals surface area contributed by atoms with E-state index in [-0.39, 0.29) is 12.5 Å². The number of anilines is 1. The van der Waals surface area contributed by atoms with Crippen molar-refractivity contribution in [1.29, 1.82) is 0 Å². The van der Waals surface area contributed by atoms with E-state index in [2.05, 4.69) is 0 Å². The van der Waals surface area contributed by atoms with E-state index in [0.717, 1.165) is 10.6 Å². The Morgan fingerprint density at radius 3 is 2.18 bits per heavy atom. The molecule has 0 aromatic heterocycles. The van der Waals surface area contributed by atoms with Crippen molar-refractivity contribution in [2.24, 2.45) is 0 Å². The molecule has 3 amide bonds. The summed E-state index contributed by atoms with van der Waals surface area (Å²) in [6, 6.07) is 17.5. The number of hydrogen-bond donors (Lipinski definition) is 0. The fourth-order valence-corrected chi connectivity index (χ4v) is 2.39. The molecule has 0 bridgehead atoms. The third-order valence-electron chi connectivity index (χ3n) is 3.56. The highest BCUT2D eigenvalue weighted by Gasteiger charge is 2.44. The standard InChI is InChI=1S/C17H16N2O3/c1-13-16(20)19(22-12-14-8-4-2-5-9-14)17(21)18(13)15-10-6-3-7-11-15/h2-11,13H,12H2,1H3. The number of hydrogen-bond acceptors (Lipinski definition) is 3. The maximum atomic E-state index is 12.5. The molecule has 5 nitrogen and oxygen atoms in total. The highest BCUT2D eigenvalue weighted by Crippen LogP contribution is 2.26. The Balaban J connectivity index is 1.76. The Labute approximate surface area is 128 Å². The second kappa shape index (κ2) is 5.99. The van der Waals surface area contributed by atoms with Crippen LogP contribution in [0.4, 0.5) is 10.5 Å². The maximum Gasteiger partial charge on any atom is 0.356 e. The number of para-hydroxylation sites is 1. The SMILES string of the molecule is CC1C(=O)N(OCc2ccccc2)C(=O)N1c1ccccc1. The molecule has 0 aliphatic carbocycles. The van der Waals surface area contributed by atoms with Crippen molar-refractivity contribution in [3.63, 3.8) is 0 Å². The molecule has 1 aliphatic rings. The van der Waals surface area contributed by atoms with Gasteiger partial charge >= 0.3 is 6.03 Å². The fraction of sp³-hybridized carbons (Fsp3) is 0.176. The maximum absolute atomic E-state index is 12.5. The van der Waals surface area contributed by atoms with Crippen LogP contribution in [0.15, 0.2) is 60.7 Å². The summed E-state index contributed by atoms with van der Waals surface area (Å²) in [5.74, 6) is -0.357. The topological polar surface area (TPSA) is 49.9 Å². The lowest BCUT2D eigenvalue weighted by Crippen LogP contribution is -2.33. The van der Waals surface area contributed by atoms with Gasteiger partial charge in [0.2, 0.25) is 0 Å². The van der Waals surface area contributed by atoms with E-state index in [1.165, 1.54) is 4.90 Å². The van der Waals surface area contributed by atoms with Crippen molar-refractivity contribution in [2.75, 3.05) is 4.90 Å². The number of carbonyl (C=O) groups is 2. The van der Waals surface area contributed by atoms with E-state index in [1.807, 2.05) is 48.5 Å². The normalized spacial score (nSPS) is 18.1. The molecular formula is C17H16N2O3. The molecule has 2 aromatic rings. The number of amides is 3. The summed E-state index contributed by atoms with van der Waals surface area (Å²) in [4.78, 5) is 31.6. The van der Waals surface area contributed by atoms with E-state index in [4.69, 9.17) is 4.84 Å². The second-order valence-electron chi connectivity index (χ2n) is 5.06. The zero-order valence-corrected chi connectivity index (χ0v) is 12.2. The van der Waals surface area contributed by atoms with Gasteiger partial charge in [0.1, 0.15) is 12.6 Å². The van der Waals surface area contributed by atoms with Gasteiger partial charge < -0.3 is 0 Å². The molecule has 1 heterocycles. The van der Waals surface area contributed by atoms with Gasteiger partial charge in [0.15, 0.2) is 0 Å². The zero-order valence-electron chi connectivity index (χ0n) is 12.2. The van der Waals surface area contributed by atoms with Crippen molar-refractivity contribution in [1.82, 2.24) is 5.06 Å². The first kappa shape index (κ1) is 14.3. The quantitative estimate of drug-likeness (QED) is 0.815. The van der Waals surface area contributed by atoms with Gasteiger partial charge in [0.25, 0.3) is 5.91 Å². The van der Waals surface area contributed by atoms with E-state index in [1.54, 1.807) is 19.1 Å². The van der Waals surface area contributed by atoms with Crippen molar-refractivity contribution in [3.05, 3.63) is 66.2 Å². The molecule has 0 radical (unpaired) electrons. The average Bonchev–Trinajstić information content (AvgIpc) is 2.77. The molecule has 112 valence electrons. The van der Waals surface area contributed by atoms with Crippen LogP contribution < -0.4 is 4.90 Å². The molecule has 0 spiro atoms. The predicted molar refractivity (Wildman–Crippen MR) is 81.9 cm³/mol. The minimum Gasteiger partial charge on any atom is -0.280 e. The molecule has 1 aliphatic heterocycles. The third kappa shape index (κ3) is 2.58. The lowest BCUT2D eigenvalue weighted by molar-refractivity contribution is -0.166. The number of benzene rings is 2. The second-order valence-corrected chi connectivity index (χ2v) is 5.06. The molecule has 2 aromatic carbocycles. The number of imide groups is 1. The first-order valence-corrected chi connectivity index (χ1v) is 7.07. The first-order valence-electron chi connectivity index (χ1n) is 7.07. The van der Waals surface area contributed by atoms with Crippen molar-refractivity contribution in [2.45, 2.75) is 19.6 Å². The van der Waals surface area contributed by atoms with Crippen LogP contribution in [0, 0.1) is 0 Å². The van der Waals surface area contributed by atoms with Crippen molar-refractivity contribution in [3.8, 4) is 0 Å². The van der Waals surface area contributed by atoms with Crippen LogP contribution in [0.5, 0.6) is 0 Å². The van der Waals surface area contributed by atoms with Gasteiger partial charge in [-0.1, -0.05) is 48.5 Å². The van der Waals surface area contributed by atoms with Gasteiger partial charge in [-0.3, -0.25) is 14.5 Å². The summed E-state index contributed by atoms with van der Waals surface area (Å²) in [6.45, 7) is 1.87. The lowest BCUT2D eigenvalue weighted by Gasteiger charge is -2.18. The van der Waals surface area contributed by atoms with Gasteiger partial charge in [0, 0.05) is 5.69 Å². The summed E-state index contributed by atoms with van der Waals surface area (Å²) in [6.07, 6.45) is 0. The Hall–Kier alpha value is -2.66. The summed E-state index contributed by atoms with van der Waals surface area (Å²) in [7, 11) is 0. The summed E-state index contributed by atoms with van der Waals surface area (Å²) in [5.41, 5.74) is 1.58. The van der Waals surface area contributed by atoms with Crippen LogP contribution >= 0.6 is 0 Å². The Morgan fingerprint density at radius 1 is 0.955 bits per heavy atom. The highest BCUT2D eigenvalue weighted by atomic mass is 16.7. The first-order chi connectivity index (χ1) is 10.7. The molecule has 3 rings (SSSR count). The van der Waals surface area contributed by atoms with Gasteiger partial charge in [-0.25, -0.2) is 4.79 Å². The lowest BCUT2D eigenvalue weighted by atomic mass is 10.2. The Kier molecular flexibility index (Phi) is 3.89. The van der Waals surface area contributed by atoms with Crippen LogP contribution in [0.1, 0.15) is 12.5 Å². The minimum atomic E-state index is -0.578. The molecule has 1 atom stereocenters. The number of hydroxylamine groups is 2. The summed E-state index contributed by atoms with van der Waals surface area (Å²) >= 11 is 0. The van der Waals surface area contributed by atoms with E-state index in [0.29, 0.717) is 5.69 Å². The molecule has 1 unspecified atom stereocenters. The van der Waals surface area contributed by atoms with E-state index in [9.17, 15) is 9.59 Å². The molecule has 0 saturated carbocycles. The van der Waals surface area contributed by atoms with Crippen molar-refractivity contribution >= 4 is 17.6 Å². The molecule has 1 fully saturated rings. The molecular weight excluding hydrogens is 280 g/mol. The molecule has 1 saturated heterocycles. The zero-order chi connectivity index (χ0) is 15.5. The fourth-order valence-electron chi connectivity index (χ4n) is 2.39. The van der Waals surface area contributed by atoms with Gasteiger partial charge in [-0.15, -0.1) is 5.06 Å². The molecule has 5 heteroatoms. The number of urea groups is 1. The van der Waals surface area contributed by atoms with Gasteiger partial charge in [-0.05, 0) is 24.6 Å². The molecule has 0 N–H and O–H groups in total. The average molecular weight is 296 g/mol. The monoisotopic (exact) mass is 296 g/mol. The van der Waals surface area contributed by atoms with Crippen molar-refractivity contribution < 1.29 is 14.4 Å². The van der Waals surface area contributed by atoms with Gasteiger partial charge in [-0.2, -0.15) is 0 Å². The minimum absolute atomic E-state index is 0.174. The van der Waals surface area contributed by atoms with Crippen LogP contribution in [0.3, 0.4) is 0 Å². The van der Waals surface area contributed by atoms with Crippen LogP contribution in [-0.2, 0) is 16.2 Å². The molecule has 22 heavy (non-hydrogen) atoms. The van der Waals surface area contributed by atoms with Gasteiger partial charge in [0.05, 0.1) is 0 Å². The van der Waals surface area contributed by atoms with Crippen LogP contribution in [0.25, 0.3) is 0 Å². The largest absolute Gasteiger partial charge is 0.356 e. The number of carbonyl (C=O) groups excluding carboxylic acids is 2. The van der Waals surface area contributed by atoms with E-state index < -0.39 is 12.1 Å².